The Kier molecular flexibility index (Phi) is 7.86. The highest BCUT2D eigenvalue weighted by Crippen LogP contribution is 2.18. The van der Waals surface area contributed by atoms with E-state index < -0.39 is 0 Å². The van der Waals surface area contributed by atoms with Crippen LogP contribution in [0, 0.1) is 5.92 Å². The molecule has 2 rings (SSSR count). The third kappa shape index (κ3) is 5.37. The van der Waals surface area contributed by atoms with Crippen molar-refractivity contribution in [3.63, 3.8) is 0 Å². The van der Waals surface area contributed by atoms with Crippen molar-refractivity contribution in [1.82, 2.24) is 10.2 Å². The number of nitrogens with zero attached hydrogens (tertiary/aromatic N) is 1. The Bertz CT molecular complexity index is 542. The maximum absolute atomic E-state index is 12.8. The van der Waals surface area contributed by atoms with E-state index in [0.717, 1.165) is 30.8 Å². The van der Waals surface area contributed by atoms with E-state index in [1.807, 2.05) is 18.2 Å². The summed E-state index contributed by atoms with van der Waals surface area (Å²) in [5.41, 5.74) is 2.48. The lowest BCUT2D eigenvalue weighted by Gasteiger charge is -2.32. The molecule has 0 aliphatic carbocycles. The van der Waals surface area contributed by atoms with Crippen LogP contribution >= 0.6 is 23.2 Å². The van der Waals surface area contributed by atoms with Gasteiger partial charge in [0, 0.05) is 29.9 Å². The Morgan fingerprint density at radius 1 is 1.17 bits per heavy atom. The first-order valence-electron chi connectivity index (χ1n) is 8.82. The van der Waals surface area contributed by atoms with Crippen molar-refractivity contribution >= 4 is 29.1 Å². The molecular weight excluding hydrogens is 343 g/mol. The minimum Gasteiger partial charge on any atom is -0.348 e. The van der Waals surface area contributed by atoms with Gasteiger partial charge in [-0.2, -0.15) is 0 Å². The Morgan fingerprint density at radius 3 is 2.46 bits per heavy atom. The molecule has 0 aromatic heterocycles. The van der Waals surface area contributed by atoms with Crippen molar-refractivity contribution in [3.8, 4) is 0 Å². The van der Waals surface area contributed by atoms with Gasteiger partial charge >= 0.3 is 0 Å². The summed E-state index contributed by atoms with van der Waals surface area (Å²) in [6.45, 7) is 7.51. The zero-order valence-corrected chi connectivity index (χ0v) is 16.2. The average molecular weight is 371 g/mol. The molecule has 5 heteroatoms. The molecule has 134 valence electrons. The van der Waals surface area contributed by atoms with Gasteiger partial charge in [-0.3, -0.25) is 4.79 Å². The van der Waals surface area contributed by atoms with Crippen LogP contribution in [0.5, 0.6) is 0 Å². The number of piperidine rings is 1. The molecule has 1 aliphatic heterocycles. The average Bonchev–Trinajstić information content (AvgIpc) is 2.61. The second-order valence-electron chi connectivity index (χ2n) is 6.94. The van der Waals surface area contributed by atoms with Gasteiger partial charge in [-0.05, 0) is 49.0 Å². The number of carbonyl (C=O) groups excluding carboxylic acids is 1. The second kappa shape index (κ2) is 9.65. The van der Waals surface area contributed by atoms with E-state index in [9.17, 15) is 4.79 Å². The van der Waals surface area contributed by atoms with Crippen LogP contribution in [0.1, 0.15) is 54.6 Å². The van der Waals surface area contributed by atoms with Crippen molar-refractivity contribution in [2.24, 2.45) is 5.92 Å². The molecule has 0 spiro atoms. The zero-order chi connectivity index (χ0) is 17.5. The topological polar surface area (TPSA) is 32.3 Å². The molecule has 1 amide bonds. The van der Waals surface area contributed by atoms with Gasteiger partial charge in [0.25, 0.3) is 5.91 Å². The first-order valence-corrected chi connectivity index (χ1v) is 9.89. The lowest BCUT2D eigenvalue weighted by molar-refractivity contribution is 0.0901. The van der Waals surface area contributed by atoms with E-state index in [1.54, 1.807) is 0 Å². The van der Waals surface area contributed by atoms with E-state index in [2.05, 4.69) is 24.1 Å². The number of carbonyl (C=O) groups is 1. The number of amides is 1. The molecule has 1 N–H and O–H groups in total. The largest absolute Gasteiger partial charge is 0.348 e. The smallest absolute Gasteiger partial charge is 0.251 e. The van der Waals surface area contributed by atoms with Crippen molar-refractivity contribution in [2.45, 2.75) is 50.9 Å². The van der Waals surface area contributed by atoms with Gasteiger partial charge in [0.1, 0.15) is 0 Å². The Morgan fingerprint density at radius 2 is 1.88 bits per heavy atom. The van der Waals surface area contributed by atoms with Crippen LogP contribution in [-0.4, -0.2) is 36.5 Å². The van der Waals surface area contributed by atoms with E-state index in [-0.39, 0.29) is 11.9 Å². The van der Waals surface area contributed by atoms with Crippen molar-refractivity contribution in [3.05, 3.63) is 34.9 Å². The second-order valence-corrected chi connectivity index (χ2v) is 7.48. The molecular formula is C19H28Cl2N2O. The first kappa shape index (κ1) is 19.6. The normalized spacial score (nSPS) is 17.0. The van der Waals surface area contributed by atoms with Crippen LogP contribution in [0.25, 0.3) is 0 Å². The van der Waals surface area contributed by atoms with E-state index in [0.29, 0.717) is 23.2 Å². The Balaban J connectivity index is 2.07. The van der Waals surface area contributed by atoms with E-state index in [4.69, 9.17) is 23.2 Å². The summed E-state index contributed by atoms with van der Waals surface area (Å²) in [4.78, 5) is 15.2. The highest BCUT2D eigenvalue weighted by Gasteiger charge is 2.22. The molecule has 3 nitrogen and oxygen atoms in total. The molecule has 1 aromatic rings. The van der Waals surface area contributed by atoms with Gasteiger partial charge in [-0.15, -0.1) is 23.2 Å². The number of likely N-dealkylation sites (tertiary alicyclic amines) is 1. The van der Waals surface area contributed by atoms with Gasteiger partial charge in [0.15, 0.2) is 0 Å². The number of hydrogen-bond donors (Lipinski definition) is 1. The third-order valence-electron chi connectivity index (χ3n) is 4.74. The fourth-order valence-electron chi connectivity index (χ4n) is 3.15. The molecule has 0 unspecified atom stereocenters. The number of benzene rings is 1. The zero-order valence-electron chi connectivity index (χ0n) is 14.7. The van der Waals surface area contributed by atoms with Gasteiger partial charge < -0.3 is 10.2 Å². The number of alkyl halides is 2. The molecule has 1 fully saturated rings. The highest BCUT2D eigenvalue weighted by molar-refractivity contribution is 6.18. The lowest BCUT2D eigenvalue weighted by atomic mass is 10.00. The minimum absolute atomic E-state index is 0.0394. The summed E-state index contributed by atoms with van der Waals surface area (Å²) in [6, 6.07) is 5.80. The van der Waals surface area contributed by atoms with Crippen LogP contribution in [0.3, 0.4) is 0 Å². The summed E-state index contributed by atoms with van der Waals surface area (Å²) in [6.07, 6.45) is 3.84. The van der Waals surface area contributed by atoms with Gasteiger partial charge in [-0.1, -0.05) is 32.4 Å². The predicted octanol–water partition coefficient (Wildman–Crippen LogP) is 4.40. The molecule has 0 bridgehead atoms. The van der Waals surface area contributed by atoms with Crippen LogP contribution in [-0.2, 0) is 11.8 Å². The monoisotopic (exact) mass is 370 g/mol. The highest BCUT2D eigenvalue weighted by atomic mass is 35.5. The van der Waals surface area contributed by atoms with Crippen LogP contribution in [0.15, 0.2) is 18.2 Å². The molecule has 1 atom stereocenters. The lowest BCUT2D eigenvalue weighted by Crippen LogP contribution is -2.48. The van der Waals surface area contributed by atoms with Crippen molar-refractivity contribution in [2.75, 3.05) is 19.6 Å². The fourth-order valence-corrected chi connectivity index (χ4v) is 3.54. The standard InChI is InChI=1S/C19H28Cl2N2O/c1-14(2)18(13-23-8-4-3-5-9-23)22-19(24)17-7-6-15(11-20)10-16(17)12-21/h6-7,10,14,18H,3-5,8-9,11-13H2,1-2H3,(H,22,24)/t18-/m1/s1. The minimum atomic E-state index is -0.0394. The molecule has 1 aromatic carbocycles. The maximum atomic E-state index is 12.8. The SMILES string of the molecule is CC(C)[C@@H](CN1CCCCC1)NC(=O)c1ccc(CCl)cc1CCl. The molecule has 1 saturated heterocycles. The Hall–Kier alpha value is -0.770. The summed E-state index contributed by atoms with van der Waals surface area (Å²) < 4.78 is 0. The summed E-state index contributed by atoms with van der Waals surface area (Å²) in [7, 11) is 0. The summed E-state index contributed by atoms with van der Waals surface area (Å²) >= 11 is 11.9. The number of halogens is 2. The molecule has 24 heavy (non-hydrogen) atoms. The summed E-state index contributed by atoms with van der Waals surface area (Å²) in [5, 5.41) is 3.22. The van der Waals surface area contributed by atoms with Crippen molar-refractivity contribution in [1.29, 1.82) is 0 Å². The summed E-state index contributed by atoms with van der Waals surface area (Å²) in [5.74, 6) is 1.08. The quantitative estimate of drug-likeness (QED) is 0.721. The third-order valence-corrected chi connectivity index (χ3v) is 5.33. The van der Waals surface area contributed by atoms with Gasteiger partial charge in [0.05, 0.1) is 0 Å². The van der Waals surface area contributed by atoms with E-state index >= 15 is 0 Å². The number of nitrogens with one attached hydrogen (secondary N) is 1. The van der Waals surface area contributed by atoms with Gasteiger partial charge in [-0.25, -0.2) is 0 Å². The maximum Gasteiger partial charge on any atom is 0.251 e. The first-order chi connectivity index (χ1) is 11.5. The van der Waals surface area contributed by atoms with Gasteiger partial charge in [0.2, 0.25) is 0 Å². The van der Waals surface area contributed by atoms with Crippen molar-refractivity contribution < 1.29 is 4.79 Å². The van der Waals surface area contributed by atoms with E-state index in [1.165, 1.54) is 19.3 Å². The predicted molar refractivity (Wildman–Crippen MR) is 102 cm³/mol. The molecule has 1 heterocycles. The van der Waals surface area contributed by atoms with Crippen LogP contribution < -0.4 is 5.32 Å². The molecule has 0 radical (unpaired) electrons. The van der Waals surface area contributed by atoms with Crippen LogP contribution in [0.4, 0.5) is 0 Å². The Labute approximate surface area is 155 Å². The van der Waals surface area contributed by atoms with Crippen LogP contribution in [0.2, 0.25) is 0 Å². The molecule has 0 saturated carbocycles. The fraction of sp³-hybridized carbons (Fsp3) is 0.632. The number of hydrogen-bond acceptors (Lipinski definition) is 2. The molecule has 1 aliphatic rings. The number of rotatable bonds is 7.